The Morgan fingerprint density at radius 3 is 2.50 bits per heavy atom. The lowest BCUT2D eigenvalue weighted by atomic mass is 10.0. The number of aliphatic hydroxyl groups excluding tert-OH is 1. The average molecular weight is 247 g/mol. The molecule has 2 aromatic rings. The Labute approximate surface area is 106 Å². The second-order valence-corrected chi connectivity index (χ2v) is 4.52. The van der Waals surface area contributed by atoms with Crippen LogP contribution in [-0.4, -0.2) is 21.9 Å². The van der Waals surface area contributed by atoms with Gasteiger partial charge in [0.1, 0.15) is 6.04 Å². The van der Waals surface area contributed by atoms with E-state index >= 15 is 0 Å². The van der Waals surface area contributed by atoms with E-state index in [1.165, 1.54) is 5.56 Å². The van der Waals surface area contributed by atoms with Crippen LogP contribution in [0.25, 0.3) is 11.4 Å². The molecule has 3 N–H and O–H groups in total. The van der Waals surface area contributed by atoms with Crippen molar-refractivity contribution in [2.45, 2.75) is 25.8 Å². The Morgan fingerprint density at radius 2 is 1.94 bits per heavy atom. The van der Waals surface area contributed by atoms with E-state index in [4.69, 9.17) is 15.4 Å². The number of aromatic nitrogens is 2. The van der Waals surface area contributed by atoms with E-state index in [2.05, 4.69) is 24.0 Å². The van der Waals surface area contributed by atoms with Crippen LogP contribution in [0.4, 0.5) is 0 Å². The van der Waals surface area contributed by atoms with Crippen LogP contribution in [0.2, 0.25) is 0 Å². The van der Waals surface area contributed by atoms with Crippen molar-refractivity contribution in [1.29, 1.82) is 0 Å². The van der Waals surface area contributed by atoms with Crippen LogP contribution >= 0.6 is 0 Å². The Morgan fingerprint density at radius 1 is 1.28 bits per heavy atom. The van der Waals surface area contributed by atoms with Crippen LogP contribution in [0.5, 0.6) is 0 Å². The van der Waals surface area contributed by atoms with E-state index in [0.717, 1.165) is 5.56 Å². The molecule has 0 bridgehead atoms. The van der Waals surface area contributed by atoms with Gasteiger partial charge in [0.05, 0.1) is 6.61 Å². The van der Waals surface area contributed by atoms with Gasteiger partial charge in [-0.15, -0.1) is 0 Å². The van der Waals surface area contributed by atoms with Gasteiger partial charge in [0.15, 0.2) is 0 Å². The minimum atomic E-state index is -0.624. The Balaban J connectivity index is 2.23. The molecule has 0 spiro atoms. The fraction of sp³-hybridized carbons (Fsp3) is 0.385. The van der Waals surface area contributed by atoms with Crippen molar-refractivity contribution in [2.75, 3.05) is 6.61 Å². The highest BCUT2D eigenvalue weighted by atomic mass is 16.5. The highest BCUT2D eigenvalue weighted by Crippen LogP contribution is 2.21. The third-order valence-corrected chi connectivity index (χ3v) is 2.79. The first-order valence-electron chi connectivity index (χ1n) is 5.92. The van der Waals surface area contributed by atoms with Gasteiger partial charge < -0.3 is 15.4 Å². The molecule has 5 nitrogen and oxygen atoms in total. The zero-order chi connectivity index (χ0) is 13.1. The molecular formula is C13H17N3O2. The predicted molar refractivity (Wildman–Crippen MR) is 67.8 cm³/mol. The van der Waals surface area contributed by atoms with Gasteiger partial charge in [0, 0.05) is 5.56 Å². The van der Waals surface area contributed by atoms with Crippen LogP contribution in [0, 0.1) is 0 Å². The van der Waals surface area contributed by atoms with E-state index in [1.54, 1.807) is 0 Å². The lowest BCUT2D eigenvalue weighted by Gasteiger charge is -2.04. The molecule has 1 aromatic carbocycles. The lowest BCUT2D eigenvalue weighted by molar-refractivity contribution is 0.237. The van der Waals surface area contributed by atoms with Gasteiger partial charge in [-0.2, -0.15) is 4.98 Å². The number of hydrogen-bond acceptors (Lipinski definition) is 5. The fourth-order valence-corrected chi connectivity index (χ4v) is 1.60. The average Bonchev–Trinajstić information content (AvgIpc) is 2.87. The summed E-state index contributed by atoms with van der Waals surface area (Å²) in [5, 5.41) is 12.8. The van der Waals surface area contributed by atoms with Crippen LogP contribution in [0.1, 0.15) is 37.3 Å². The molecule has 0 aliphatic carbocycles. The normalized spacial score (nSPS) is 12.9. The van der Waals surface area contributed by atoms with E-state index in [-0.39, 0.29) is 12.5 Å². The maximum absolute atomic E-state index is 8.91. The molecule has 2 rings (SSSR count). The molecule has 0 saturated carbocycles. The predicted octanol–water partition coefficient (Wildman–Crippen LogP) is 1.85. The summed E-state index contributed by atoms with van der Waals surface area (Å²) in [5.74, 6) is 1.23. The number of nitrogens with zero attached hydrogens (tertiary/aromatic N) is 2. The highest BCUT2D eigenvalue weighted by Gasteiger charge is 2.14. The first kappa shape index (κ1) is 12.7. The van der Waals surface area contributed by atoms with E-state index in [0.29, 0.717) is 11.7 Å². The van der Waals surface area contributed by atoms with Gasteiger partial charge in [0.25, 0.3) is 0 Å². The van der Waals surface area contributed by atoms with E-state index < -0.39 is 6.04 Å². The maximum atomic E-state index is 8.91. The molecule has 1 heterocycles. The third-order valence-electron chi connectivity index (χ3n) is 2.79. The van der Waals surface area contributed by atoms with Crippen molar-refractivity contribution >= 4 is 0 Å². The summed E-state index contributed by atoms with van der Waals surface area (Å²) < 4.78 is 5.00. The number of hydrogen-bond donors (Lipinski definition) is 2. The summed E-state index contributed by atoms with van der Waals surface area (Å²) in [5.41, 5.74) is 7.74. The third kappa shape index (κ3) is 2.57. The molecule has 18 heavy (non-hydrogen) atoms. The number of aliphatic hydroxyl groups is 1. The van der Waals surface area contributed by atoms with Gasteiger partial charge >= 0.3 is 0 Å². The van der Waals surface area contributed by atoms with Crippen molar-refractivity contribution in [1.82, 2.24) is 10.1 Å². The van der Waals surface area contributed by atoms with E-state index in [1.807, 2.05) is 24.3 Å². The zero-order valence-corrected chi connectivity index (χ0v) is 10.5. The first-order valence-corrected chi connectivity index (χ1v) is 5.92. The van der Waals surface area contributed by atoms with Gasteiger partial charge in [-0.3, -0.25) is 0 Å². The molecule has 0 fully saturated rings. The summed E-state index contributed by atoms with van der Waals surface area (Å²) in [6.07, 6.45) is 0. The summed E-state index contributed by atoms with van der Waals surface area (Å²) >= 11 is 0. The Hall–Kier alpha value is -1.72. The molecule has 0 amide bonds. The molecule has 1 aromatic heterocycles. The second-order valence-electron chi connectivity index (χ2n) is 4.52. The molecule has 0 unspecified atom stereocenters. The summed E-state index contributed by atoms with van der Waals surface area (Å²) in [7, 11) is 0. The van der Waals surface area contributed by atoms with Gasteiger partial charge in [-0.05, 0) is 11.5 Å². The monoisotopic (exact) mass is 247 g/mol. The summed E-state index contributed by atoms with van der Waals surface area (Å²) in [4.78, 5) is 4.16. The quantitative estimate of drug-likeness (QED) is 0.861. The summed E-state index contributed by atoms with van der Waals surface area (Å²) in [6.45, 7) is 4.07. The van der Waals surface area contributed by atoms with Crippen molar-refractivity contribution in [3.05, 3.63) is 35.7 Å². The maximum Gasteiger partial charge on any atom is 0.246 e. The molecule has 0 aliphatic heterocycles. The van der Waals surface area contributed by atoms with Crippen LogP contribution in [-0.2, 0) is 0 Å². The van der Waals surface area contributed by atoms with Gasteiger partial charge in [0.2, 0.25) is 11.7 Å². The molecule has 0 aliphatic rings. The smallest absolute Gasteiger partial charge is 0.246 e. The van der Waals surface area contributed by atoms with Gasteiger partial charge in [-0.25, -0.2) is 0 Å². The Bertz CT molecular complexity index is 505. The Kier molecular flexibility index (Phi) is 3.74. The minimum absolute atomic E-state index is 0.214. The van der Waals surface area contributed by atoms with Crippen LogP contribution < -0.4 is 5.73 Å². The second kappa shape index (κ2) is 5.29. The minimum Gasteiger partial charge on any atom is -0.394 e. The standard InChI is InChI=1S/C13H17N3O2/c1-8(2)9-3-5-10(6-4-9)12-15-13(18-16-12)11(14)7-17/h3-6,8,11,17H,7,14H2,1-2H3/t11-/m0/s1. The van der Waals surface area contributed by atoms with Crippen molar-refractivity contribution < 1.29 is 9.63 Å². The van der Waals surface area contributed by atoms with Crippen molar-refractivity contribution in [3.8, 4) is 11.4 Å². The highest BCUT2D eigenvalue weighted by molar-refractivity contribution is 5.54. The number of benzene rings is 1. The molecule has 0 saturated heterocycles. The number of rotatable bonds is 4. The van der Waals surface area contributed by atoms with Crippen LogP contribution in [0.15, 0.2) is 28.8 Å². The topological polar surface area (TPSA) is 85.2 Å². The first-order chi connectivity index (χ1) is 8.61. The molecule has 5 heteroatoms. The summed E-state index contributed by atoms with van der Waals surface area (Å²) in [6, 6.07) is 7.37. The number of nitrogens with two attached hydrogens (primary N) is 1. The SMILES string of the molecule is CC(C)c1ccc(-c2noc([C@@H](N)CO)n2)cc1. The van der Waals surface area contributed by atoms with Gasteiger partial charge in [-0.1, -0.05) is 43.3 Å². The molecular weight excluding hydrogens is 230 g/mol. The zero-order valence-electron chi connectivity index (χ0n) is 10.5. The van der Waals surface area contributed by atoms with Crippen molar-refractivity contribution in [2.24, 2.45) is 5.73 Å². The largest absolute Gasteiger partial charge is 0.394 e. The van der Waals surface area contributed by atoms with Crippen LogP contribution in [0.3, 0.4) is 0 Å². The molecule has 0 radical (unpaired) electrons. The lowest BCUT2D eigenvalue weighted by Crippen LogP contribution is -2.14. The molecule has 96 valence electrons. The van der Waals surface area contributed by atoms with Crippen molar-refractivity contribution in [3.63, 3.8) is 0 Å². The fourth-order valence-electron chi connectivity index (χ4n) is 1.60. The molecule has 1 atom stereocenters. The van der Waals surface area contributed by atoms with E-state index in [9.17, 15) is 0 Å².